The second-order valence-corrected chi connectivity index (χ2v) is 4.27. The van der Waals surface area contributed by atoms with Crippen molar-refractivity contribution in [3.8, 4) is 0 Å². The van der Waals surface area contributed by atoms with Gasteiger partial charge in [-0.15, -0.1) is 0 Å². The number of hydrogen-bond acceptors (Lipinski definition) is 4. The fourth-order valence-corrected chi connectivity index (χ4v) is 1.93. The normalized spacial score (nSPS) is 32.8. The Labute approximate surface area is 63.4 Å². The second-order valence-electron chi connectivity index (χ2n) is 3.01. The highest BCUT2D eigenvalue weighted by Crippen LogP contribution is 2.26. The van der Waals surface area contributed by atoms with Gasteiger partial charge in [0.1, 0.15) is 0 Å². The van der Waals surface area contributed by atoms with Crippen molar-refractivity contribution in [1.82, 2.24) is 4.90 Å². The molecular weight excluding hydrogens is 148 g/mol. The Bertz CT molecular complexity index is 174. The molecule has 1 aliphatic carbocycles. The highest BCUT2D eigenvalue weighted by molar-refractivity contribution is 7.74. The van der Waals surface area contributed by atoms with E-state index < -0.39 is 10.6 Å². The minimum absolute atomic E-state index is 0.146. The van der Waals surface area contributed by atoms with Crippen molar-refractivity contribution in [2.45, 2.75) is 24.1 Å². The predicted octanol–water partition coefficient (Wildman–Crippen LogP) is 0.805. The molecule has 10 heavy (non-hydrogen) atoms. The summed E-state index contributed by atoms with van der Waals surface area (Å²) >= 11 is 0. The molecule has 0 unspecified atom stereocenters. The minimum atomic E-state index is -1.34. The standard InChI is InChI=1S/C6H13N2OS/c1-8(2)5-3-6(4-5)10(7)9/h5-7H,3-4H2,1-2H3/q-1. The first-order valence-corrected chi connectivity index (χ1v) is 4.61. The Morgan fingerprint density at radius 2 is 2.00 bits per heavy atom. The van der Waals surface area contributed by atoms with Crippen LogP contribution in [-0.4, -0.2) is 30.3 Å². The van der Waals surface area contributed by atoms with E-state index in [9.17, 15) is 4.21 Å². The number of rotatable bonds is 2. The van der Waals surface area contributed by atoms with Crippen molar-refractivity contribution in [2.75, 3.05) is 14.1 Å². The van der Waals surface area contributed by atoms with Gasteiger partial charge in [0, 0.05) is 6.04 Å². The van der Waals surface area contributed by atoms with Gasteiger partial charge in [0.25, 0.3) is 0 Å². The lowest BCUT2D eigenvalue weighted by molar-refractivity contribution is 0.198. The Kier molecular flexibility index (Phi) is 2.31. The van der Waals surface area contributed by atoms with Crippen molar-refractivity contribution < 1.29 is 4.21 Å². The highest BCUT2D eigenvalue weighted by Gasteiger charge is 2.25. The summed E-state index contributed by atoms with van der Waals surface area (Å²) in [6, 6.07) is 0.569. The van der Waals surface area contributed by atoms with E-state index in [0.29, 0.717) is 6.04 Å². The predicted molar refractivity (Wildman–Crippen MR) is 41.3 cm³/mol. The van der Waals surface area contributed by atoms with E-state index in [0.717, 1.165) is 12.8 Å². The third-order valence-electron chi connectivity index (χ3n) is 2.10. The van der Waals surface area contributed by atoms with Gasteiger partial charge < -0.3 is 13.9 Å². The third kappa shape index (κ3) is 1.49. The fourth-order valence-electron chi connectivity index (χ4n) is 1.13. The van der Waals surface area contributed by atoms with Crippen LogP contribution in [0.5, 0.6) is 0 Å². The molecule has 1 saturated carbocycles. The van der Waals surface area contributed by atoms with Crippen LogP contribution in [0.2, 0.25) is 0 Å². The maximum atomic E-state index is 10.6. The van der Waals surface area contributed by atoms with E-state index in [2.05, 4.69) is 4.90 Å². The fraction of sp³-hybridized carbons (Fsp3) is 1.00. The van der Waals surface area contributed by atoms with Gasteiger partial charge in [-0.05, 0) is 14.1 Å². The smallest absolute Gasteiger partial charge is 0.00625 e. The molecule has 0 heterocycles. The third-order valence-corrected chi connectivity index (χ3v) is 3.09. The maximum absolute atomic E-state index is 10.6. The summed E-state index contributed by atoms with van der Waals surface area (Å²) in [4.78, 5) is 2.13. The summed E-state index contributed by atoms with van der Waals surface area (Å²) in [7, 11) is 2.71. The molecule has 0 bridgehead atoms. The molecule has 60 valence electrons. The van der Waals surface area contributed by atoms with E-state index in [1.54, 1.807) is 0 Å². The molecule has 1 rings (SSSR count). The first-order chi connectivity index (χ1) is 4.61. The van der Waals surface area contributed by atoms with Crippen LogP contribution in [-0.2, 0) is 14.8 Å². The van der Waals surface area contributed by atoms with Gasteiger partial charge in [-0.2, -0.15) is 10.6 Å². The maximum Gasteiger partial charge on any atom is 0.00625 e. The van der Waals surface area contributed by atoms with Crippen LogP contribution in [0.15, 0.2) is 0 Å². The number of hydrogen-bond donors (Lipinski definition) is 1. The van der Waals surface area contributed by atoms with Crippen LogP contribution in [0.1, 0.15) is 12.8 Å². The SMILES string of the molecule is CN(C)C1CC([S-](=N)=O)C1. The Balaban J connectivity index is 2.31. The second kappa shape index (κ2) is 2.88. The van der Waals surface area contributed by atoms with Crippen molar-refractivity contribution in [3.05, 3.63) is 0 Å². The zero-order valence-corrected chi connectivity index (χ0v) is 7.15. The van der Waals surface area contributed by atoms with E-state index >= 15 is 0 Å². The summed E-state index contributed by atoms with van der Waals surface area (Å²) in [5.74, 6) is 0. The van der Waals surface area contributed by atoms with Gasteiger partial charge in [-0.3, -0.25) is 0 Å². The van der Waals surface area contributed by atoms with Gasteiger partial charge >= 0.3 is 0 Å². The quantitative estimate of drug-likeness (QED) is 0.609. The number of nitrogens with zero attached hydrogens (tertiary/aromatic N) is 1. The van der Waals surface area contributed by atoms with E-state index in [1.807, 2.05) is 14.1 Å². The largest absolute Gasteiger partial charge is 0.444 e. The topological polar surface area (TPSA) is 44.2 Å². The average Bonchev–Trinajstić information content (AvgIpc) is 1.56. The summed E-state index contributed by atoms with van der Waals surface area (Å²) < 4.78 is 17.5. The molecule has 1 fully saturated rings. The van der Waals surface area contributed by atoms with E-state index in [4.69, 9.17) is 4.78 Å². The summed E-state index contributed by atoms with van der Waals surface area (Å²) in [6.07, 6.45) is 1.87. The molecule has 0 aromatic rings. The van der Waals surface area contributed by atoms with Crippen LogP contribution in [0.4, 0.5) is 0 Å². The van der Waals surface area contributed by atoms with Crippen LogP contribution < -0.4 is 0 Å². The summed E-state index contributed by atoms with van der Waals surface area (Å²) in [5, 5.41) is 0.146. The van der Waals surface area contributed by atoms with Crippen molar-refractivity contribution in [2.24, 2.45) is 0 Å². The Hall–Kier alpha value is -0.0900. The minimum Gasteiger partial charge on any atom is -0.444 e. The summed E-state index contributed by atoms with van der Waals surface area (Å²) in [6.45, 7) is 0. The highest BCUT2D eigenvalue weighted by atomic mass is 32.2. The van der Waals surface area contributed by atoms with Crippen molar-refractivity contribution >= 4 is 10.6 Å². The molecule has 0 saturated heterocycles. The molecule has 0 amide bonds. The van der Waals surface area contributed by atoms with E-state index in [-0.39, 0.29) is 5.25 Å². The first kappa shape index (κ1) is 8.01. The lowest BCUT2D eigenvalue weighted by Crippen LogP contribution is -2.43. The van der Waals surface area contributed by atoms with Gasteiger partial charge in [0.05, 0.1) is 0 Å². The molecule has 0 atom stereocenters. The lowest BCUT2D eigenvalue weighted by Gasteiger charge is -2.41. The van der Waals surface area contributed by atoms with Crippen LogP contribution in [0.25, 0.3) is 0 Å². The molecule has 3 nitrogen and oxygen atoms in total. The van der Waals surface area contributed by atoms with Crippen molar-refractivity contribution in [3.63, 3.8) is 0 Å². The zero-order chi connectivity index (χ0) is 7.72. The van der Waals surface area contributed by atoms with Crippen LogP contribution in [0.3, 0.4) is 0 Å². The Morgan fingerprint density at radius 1 is 1.50 bits per heavy atom. The Morgan fingerprint density at radius 3 is 2.30 bits per heavy atom. The van der Waals surface area contributed by atoms with Gasteiger partial charge in [0.2, 0.25) is 0 Å². The first-order valence-electron chi connectivity index (χ1n) is 3.39. The van der Waals surface area contributed by atoms with Gasteiger partial charge in [0.15, 0.2) is 0 Å². The molecule has 1 aliphatic rings. The molecule has 1 N–H and O–H groups in total. The van der Waals surface area contributed by atoms with E-state index in [1.165, 1.54) is 0 Å². The zero-order valence-electron chi connectivity index (χ0n) is 6.33. The number of nitrogens with one attached hydrogen (secondary N) is 1. The molecule has 4 heteroatoms. The molecule has 0 aliphatic heterocycles. The lowest BCUT2D eigenvalue weighted by atomic mass is 9.91. The molecule has 0 aromatic heterocycles. The summed E-state index contributed by atoms with van der Waals surface area (Å²) in [5.41, 5.74) is 0. The van der Waals surface area contributed by atoms with Gasteiger partial charge in [-0.25, -0.2) is 0 Å². The monoisotopic (exact) mass is 161 g/mol. The molecule has 0 aromatic carbocycles. The van der Waals surface area contributed by atoms with Crippen molar-refractivity contribution in [1.29, 1.82) is 4.78 Å². The molecule has 0 radical (unpaired) electrons. The van der Waals surface area contributed by atoms with Crippen LogP contribution in [0, 0.1) is 4.78 Å². The average molecular weight is 161 g/mol. The molecule has 0 spiro atoms. The molecular formula is C6H13N2OS-. The van der Waals surface area contributed by atoms with Gasteiger partial charge in [-0.1, -0.05) is 18.1 Å². The van der Waals surface area contributed by atoms with Crippen LogP contribution >= 0.6 is 0 Å².